The first-order valence-corrected chi connectivity index (χ1v) is 11.6. The zero-order valence-electron chi connectivity index (χ0n) is 18.6. The minimum absolute atomic E-state index is 0.155. The van der Waals surface area contributed by atoms with Crippen LogP contribution in [0.5, 0.6) is 11.5 Å². The molecule has 4 aromatic rings. The number of rotatable bonds is 10. The minimum atomic E-state index is 0.155. The number of Topliss-reactive ketones (excluding diaryl/α,β-unsaturated/α-hetero) is 1. The van der Waals surface area contributed by atoms with E-state index in [2.05, 4.69) is 10.2 Å². The van der Waals surface area contributed by atoms with Crippen LogP contribution in [0.3, 0.4) is 0 Å². The molecular formula is C26H25N3O3S. The van der Waals surface area contributed by atoms with E-state index >= 15 is 0 Å². The Morgan fingerprint density at radius 3 is 2.27 bits per heavy atom. The van der Waals surface area contributed by atoms with Crippen molar-refractivity contribution in [3.05, 3.63) is 84.4 Å². The lowest BCUT2D eigenvalue weighted by molar-refractivity contribution is 0.0982. The van der Waals surface area contributed by atoms with Crippen molar-refractivity contribution in [2.75, 3.05) is 20.0 Å². The summed E-state index contributed by atoms with van der Waals surface area (Å²) in [6.07, 6.45) is 1.24. The summed E-state index contributed by atoms with van der Waals surface area (Å²) in [5.74, 6) is 2.93. The standard InChI is InChI=1S/C26H25N3O3S/c1-31-23-16-15-21(18-24(23)32-2)29-25(20-12-7-4-8-13-20)27-28-26(29)33-17-9-14-22(30)19-10-5-3-6-11-19/h3-8,10-13,15-16,18H,9,14,17H2,1-2H3. The highest BCUT2D eigenvalue weighted by Gasteiger charge is 2.18. The lowest BCUT2D eigenvalue weighted by Crippen LogP contribution is -2.02. The zero-order valence-corrected chi connectivity index (χ0v) is 19.4. The Balaban J connectivity index is 1.57. The van der Waals surface area contributed by atoms with Crippen LogP contribution in [0.25, 0.3) is 17.1 Å². The van der Waals surface area contributed by atoms with Crippen LogP contribution >= 0.6 is 11.8 Å². The van der Waals surface area contributed by atoms with Crippen molar-refractivity contribution in [1.82, 2.24) is 14.8 Å². The van der Waals surface area contributed by atoms with Gasteiger partial charge in [-0.3, -0.25) is 9.36 Å². The van der Waals surface area contributed by atoms with Gasteiger partial charge in [0, 0.05) is 29.4 Å². The molecule has 0 bridgehead atoms. The SMILES string of the molecule is COc1ccc(-n2c(SCCCC(=O)c3ccccc3)nnc2-c2ccccc2)cc1OC. The number of hydrogen-bond acceptors (Lipinski definition) is 6. The third-order valence-corrected chi connectivity index (χ3v) is 6.18. The molecule has 1 aromatic heterocycles. The monoisotopic (exact) mass is 459 g/mol. The fourth-order valence-corrected chi connectivity index (χ4v) is 4.39. The first-order chi connectivity index (χ1) is 16.2. The second kappa shape index (κ2) is 10.8. The van der Waals surface area contributed by atoms with Crippen LogP contribution in [0.2, 0.25) is 0 Å². The number of ether oxygens (including phenoxy) is 2. The molecule has 0 aliphatic heterocycles. The molecule has 7 heteroatoms. The molecule has 1 heterocycles. The second-order valence-electron chi connectivity index (χ2n) is 7.29. The molecule has 0 N–H and O–H groups in total. The smallest absolute Gasteiger partial charge is 0.196 e. The Morgan fingerprint density at radius 2 is 1.58 bits per heavy atom. The van der Waals surface area contributed by atoms with Crippen LogP contribution in [0.1, 0.15) is 23.2 Å². The fourth-order valence-electron chi connectivity index (χ4n) is 3.50. The third-order valence-electron chi connectivity index (χ3n) is 5.17. The molecular weight excluding hydrogens is 434 g/mol. The van der Waals surface area contributed by atoms with Crippen LogP contribution in [0.4, 0.5) is 0 Å². The average Bonchev–Trinajstić information content (AvgIpc) is 3.31. The maximum absolute atomic E-state index is 12.4. The van der Waals surface area contributed by atoms with E-state index in [0.717, 1.165) is 40.0 Å². The second-order valence-corrected chi connectivity index (χ2v) is 8.35. The summed E-state index contributed by atoms with van der Waals surface area (Å²) in [6.45, 7) is 0. The Kier molecular flexibility index (Phi) is 7.42. The number of ketones is 1. The molecule has 0 spiro atoms. The summed E-state index contributed by atoms with van der Waals surface area (Å²) in [6, 6.07) is 25.1. The van der Waals surface area contributed by atoms with Gasteiger partial charge in [0.1, 0.15) is 0 Å². The number of hydrogen-bond donors (Lipinski definition) is 0. The van der Waals surface area contributed by atoms with Gasteiger partial charge in [-0.25, -0.2) is 0 Å². The maximum atomic E-state index is 12.4. The lowest BCUT2D eigenvalue weighted by atomic mass is 10.1. The Morgan fingerprint density at radius 1 is 0.879 bits per heavy atom. The van der Waals surface area contributed by atoms with Crippen LogP contribution in [-0.4, -0.2) is 40.5 Å². The summed E-state index contributed by atoms with van der Waals surface area (Å²) in [5.41, 5.74) is 2.59. The molecule has 6 nitrogen and oxygen atoms in total. The molecule has 0 atom stereocenters. The van der Waals surface area contributed by atoms with Gasteiger partial charge in [0.15, 0.2) is 28.3 Å². The molecule has 0 radical (unpaired) electrons. The normalized spacial score (nSPS) is 10.7. The van der Waals surface area contributed by atoms with Crippen molar-refractivity contribution in [3.8, 4) is 28.6 Å². The van der Waals surface area contributed by atoms with Gasteiger partial charge in [-0.1, -0.05) is 72.4 Å². The van der Waals surface area contributed by atoms with Crippen molar-refractivity contribution in [1.29, 1.82) is 0 Å². The summed E-state index contributed by atoms with van der Waals surface area (Å²) in [7, 11) is 3.23. The van der Waals surface area contributed by atoms with Crippen LogP contribution in [-0.2, 0) is 0 Å². The number of nitrogens with zero attached hydrogens (tertiary/aromatic N) is 3. The van der Waals surface area contributed by atoms with Gasteiger partial charge in [0.05, 0.1) is 19.9 Å². The number of carbonyl (C=O) groups excluding carboxylic acids is 1. The average molecular weight is 460 g/mol. The predicted octanol–water partition coefficient (Wildman–Crippen LogP) is 5.71. The van der Waals surface area contributed by atoms with Crippen LogP contribution < -0.4 is 9.47 Å². The Labute approximate surface area is 197 Å². The molecule has 0 saturated carbocycles. The summed E-state index contributed by atoms with van der Waals surface area (Å²) >= 11 is 1.58. The lowest BCUT2D eigenvalue weighted by Gasteiger charge is -2.13. The van der Waals surface area contributed by atoms with E-state index in [1.165, 1.54) is 0 Å². The van der Waals surface area contributed by atoms with Crippen molar-refractivity contribution in [3.63, 3.8) is 0 Å². The highest BCUT2D eigenvalue weighted by Crippen LogP contribution is 2.33. The van der Waals surface area contributed by atoms with E-state index in [1.54, 1.807) is 26.0 Å². The van der Waals surface area contributed by atoms with Crippen LogP contribution in [0.15, 0.2) is 84.0 Å². The third kappa shape index (κ3) is 5.26. The molecule has 0 aliphatic rings. The fraction of sp³-hybridized carbons (Fsp3) is 0.192. The minimum Gasteiger partial charge on any atom is -0.493 e. The molecule has 0 fully saturated rings. The number of thioether (sulfide) groups is 1. The topological polar surface area (TPSA) is 66.2 Å². The van der Waals surface area contributed by atoms with Gasteiger partial charge in [0.2, 0.25) is 0 Å². The van der Waals surface area contributed by atoms with Gasteiger partial charge in [0.25, 0.3) is 0 Å². The summed E-state index contributed by atoms with van der Waals surface area (Å²) in [5, 5.41) is 9.69. The summed E-state index contributed by atoms with van der Waals surface area (Å²) in [4.78, 5) is 12.4. The largest absolute Gasteiger partial charge is 0.493 e. The molecule has 4 rings (SSSR count). The number of methoxy groups -OCH3 is 2. The number of benzene rings is 3. The molecule has 0 amide bonds. The van der Waals surface area contributed by atoms with E-state index in [0.29, 0.717) is 17.9 Å². The number of carbonyl (C=O) groups is 1. The highest BCUT2D eigenvalue weighted by molar-refractivity contribution is 7.99. The Hall–Kier alpha value is -3.58. The number of aromatic nitrogens is 3. The van der Waals surface area contributed by atoms with Gasteiger partial charge in [-0.2, -0.15) is 0 Å². The zero-order chi connectivity index (χ0) is 23.0. The van der Waals surface area contributed by atoms with Crippen LogP contribution in [0, 0.1) is 0 Å². The Bertz CT molecular complexity index is 1210. The van der Waals surface area contributed by atoms with Gasteiger partial charge >= 0.3 is 0 Å². The molecule has 3 aromatic carbocycles. The molecule has 33 heavy (non-hydrogen) atoms. The highest BCUT2D eigenvalue weighted by atomic mass is 32.2. The molecule has 168 valence electrons. The molecule has 0 aliphatic carbocycles. The van der Waals surface area contributed by atoms with E-state index in [4.69, 9.17) is 9.47 Å². The van der Waals surface area contributed by atoms with Gasteiger partial charge in [-0.05, 0) is 18.6 Å². The van der Waals surface area contributed by atoms with Crippen molar-refractivity contribution >= 4 is 17.5 Å². The van der Waals surface area contributed by atoms with Gasteiger partial charge < -0.3 is 9.47 Å². The van der Waals surface area contributed by atoms with E-state index < -0.39 is 0 Å². The van der Waals surface area contributed by atoms with Crippen molar-refractivity contribution in [2.45, 2.75) is 18.0 Å². The molecule has 0 saturated heterocycles. The van der Waals surface area contributed by atoms with Crippen molar-refractivity contribution in [2.24, 2.45) is 0 Å². The van der Waals surface area contributed by atoms with Gasteiger partial charge in [-0.15, -0.1) is 10.2 Å². The maximum Gasteiger partial charge on any atom is 0.196 e. The molecule has 0 unspecified atom stereocenters. The van der Waals surface area contributed by atoms with Crippen molar-refractivity contribution < 1.29 is 14.3 Å². The summed E-state index contributed by atoms with van der Waals surface area (Å²) < 4.78 is 12.9. The first-order valence-electron chi connectivity index (χ1n) is 10.7. The van der Waals surface area contributed by atoms with E-state index in [9.17, 15) is 4.79 Å². The predicted molar refractivity (Wildman–Crippen MR) is 131 cm³/mol. The quantitative estimate of drug-likeness (QED) is 0.172. The van der Waals surface area contributed by atoms with E-state index in [1.807, 2.05) is 83.4 Å². The van der Waals surface area contributed by atoms with E-state index in [-0.39, 0.29) is 5.78 Å². The first kappa shape index (κ1) is 22.6.